The molecule has 0 saturated heterocycles. The molecule has 0 radical (unpaired) electrons. The molecule has 0 fully saturated rings. The minimum atomic E-state index is -4.47. The van der Waals surface area contributed by atoms with Crippen LogP contribution < -0.4 is 10.6 Å². The second kappa shape index (κ2) is 11.3. The van der Waals surface area contributed by atoms with Crippen molar-refractivity contribution >= 4 is 11.7 Å². The van der Waals surface area contributed by atoms with E-state index in [4.69, 9.17) is 4.74 Å². The molecule has 8 heteroatoms. The fourth-order valence-corrected chi connectivity index (χ4v) is 2.52. The van der Waals surface area contributed by atoms with E-state index in [2.05, 4.69) is 15.6 Å². The lowest BCUT2D eigenvalue weighted by Gasteiger charge is -2.13. The monoisotopic (exact) mass is 395 g/mol. The summed E-state index contributed by atoms with van der Waals surface area (Å²) in [6, 6.07) is 12.2. The summed E-state index contributed by atoms with van der Waals surface area (Å²) in [4.78, 5) is 15.4. The lowest BCUT2D eigenvalue weighted by Crippen LogP contribution is -2.29. The molecule has 1 heterocycles. The van der Waals surface area contributed by atoms with Gasteiger partial charge in [-0.3, -0.25) is 4.79 Å². The molecule has 2 N–H and O–H groups in total. The van der Waals surface area contributed by atoms with Crippen molar-refractivity contribution in [1.82, 2.24) is 10.3 Å². The van der Waals surface area contributed by atoms with Gasteiger partial charge in [0.05, 0.1) is 12.2 Å². The van der Waals surface area contributed by atoms with Crippen LogP contribution in [0.25, 0.3) is 0 Å². The molecule has 0 atom stereocenters. The van der Waals surface area contributed by atoms with Crippen LogP contribution in [0.2, 0.25) is 0 Å². The molecule has 0 spiro atoms. The highest BCUT2D eigenvalue weighted by Gasteiger charge is 2.33. The maximum absolute atomic E-state index is 12.8. The second-order valence-corrected chi connectivity index (χ2v) is 6.13. The van der Waals surface area contributed by atoms with Gasteiger partial charge in [0.2, 0.25) is 5.91 Å². The van der Waals surface area contributed by atoms with Crippen molar-refractivity contribution in [3.8, 4) is 0 Å². The number of nitrogens with zero attached hydrogens (tertiary/aromatic N) is 1. The summed E-state index contributed by atoms with van der Waals surface area (Å²) in [7, 11) is 0. The Bertz CT molecular complexity index is 724. The Morgan fingerprint density at radius 3 is 2.57 bits per heavy atom. The van der Waals surface area contributed by atoms with E-state index in [-0.39, 0.29) is 24.8 Å². The first-order chi connectivity index (χ1) is 13.5. The van der Waals surface area contributed by atoms with Gasteiger partial charge in [-0.25, -0.2) is 4.98 Å². The molecule has 1 aromatic heterocycles. The van der Waals surface area contributed by atoms with Crippen LogP contribution in [-0.2, 0) is 22.1 Å². The van der Waals surface area contributed by atoms with Crippen LogP contribution in [0, 0.1) is 0 Å². The highest BCUT2D eigenvalue weighted by atomic mass is 19.4. The molecular weight excluding hydrogens is 371 g/mol. The van der Waals surface area contributed by atoms with Gasteiger partial charge in [-0.2, -0.15) is 13.2 Å². The quantitative estimate of drug-likeness (QED) is 0.570. The fourth-order valence-electron chi connectivity index (χ4n) is 2.52. The first kappa shape index (κ1) is 21.7. The standard InChI is InChI=1S/C20H24F3N3O2/c21-20(22,23)17-8-4-11-25-19(17)26-13-12-24-18(27)9-5-14-28-15-10-16-6-2-1-3-7-16/h1-4,6-8,11H,5,9-10,12-15H2,(H,24,27)(H,25,26). The lowest BCUT2D eigenvalue weighted by molar-refractivity contribution is -0.137. The van der Waals surface area contributed by atoms with E-state index in [1.54, 1.807) is 0 Å². The Morgan fingerprint density at radius 1 is 1.04 bits per heavy atom. The third-order valence-corrected chi connectivity index (χ3v) is 3.92. The van der Waals surface area contributed by atoms with E-state index in [0.29, 0.717) is 26.1 Å². The molecule has 0 saturated carbocycles. The molecule has 1 aromatic carbocycles. The number of alkyl halides is 3. The van der Waals surface area contributed by atoms with Crippen LogP contribution >= 0.6 is 0 Å². The summed E-state index contributed by atoms with van der Waals surface area (Å²) in [5, 5.41) is 5.27. The summed E-state index contributed by atoms with van der Waals surface area (Å²) in [6.07, 6.45) is -1.46. The van der Waals surface area contributed by atoms with E-state index >= 15 is 0 Å². The number of hydrogen-bond acceptors (Lipinski definition) is 4. The van der Waals surface area contributed by atoms with Crippen molar-refractivity contribution in [2.45, 2.75) is 25.4 Å². The molecule has 152 valence electrons. The number of benzene rings is 1. The molecule has 0 aliphatic rings. The van der Waals surface area contributed by atoms with E-state index in [0.717, 1.165) is 12.5 Å². The van der Waals surface area contributed by atoms with Gasteiger partial charge in [-0.15, -0.1) is 0 Å². The van der Waals surface area contributed by atoms with Crippen LogP contribution in [0.15, 0.2) is 48.7 Å². The molecule has 2 aromatic rings. The zero-order valence-corrected chi connectivity index (χ0v) is 15.5. The number of ether oxygens (including phenoxy) is 1. The smallest absolute Gasteiger partial charge is 0.381 e. The molecule has 0 unspecified atom stereocenters. The Morgan fingerprint density at radius 2 is 1.82 bits per heavy atom. The number of nitrogens with one attached hydrogen (secondary N) is 2. The first-order valence-electron chi connectivity index (χ1n) is 9.11. The summed E-state index contributed by atoms with van der Waals surface area (Å²) < 4.78 is 44.1. The third kappa shape index (κ3) is 7.96. The molecule has 1 amide bonds. The number of carbonyl (C=O) groups excluding carboxylic acids is 1. The number of halogens is 3. The van der Waals surface area contributed by atoms with Crippen LogP contribution in [0.1, 0.15) is 24.0 Å². The number of aromatic nitrogens is 1. The zero-order chi connectivity index (χ0) is 20.2. The van der Waals surface area contributed by atoms with Crippen LogP contribution in [-0.4, -0.2) is 37.2 Å². The molecular formula is C20H24F3N3O2. The van der Waals surface area contributed by atoms with Gasteiger partial charge in [0.1, 0.15) is 5.82 Å². The van der Waals surface area contributed by atoms with Crippen molar-refractivity contribution in [2.75, 3.05) is 31.6 Å². The van der Waals surface area contributed by atoms with Gasteiger partial charge in [-0.1, -0.05) is 30.3 Å². The number of hydrogen-bond donors (Lipinski definition) is 2. The van der Waals surface area contributed by atoms with Gasteiger partial charge < -0.3 is 15.4 Å². The highest BCUT2D eigenvalue weighted by Crippen LogP contribution is 2.33. The van der Waals surface area contributed by atoms with Crippen LogP contribution in [0.5, 0.6) is 0 Å². The Balaban J connectivity index is 1.54. The molecule has 0 bridgehead atoms. The largest absolute Gasteiger partial charge is 0.419 e. The number of amides is 1. The summed E-state index contributed by atoms with van der Waals surface area (Å²) >= 11 is 0. The average Bonchev–Trinajstić information content (AvgIpc) is 2.68. The first-order valence-corrected chi connectivity index (χ1v) is 9.11. The van der Waals surface area contributed by atoms with Crippen LogP contribution in [0.4, 0.5) is 19.0 Å². The Hall–Kier alpha value is -2.61. The molecule has 2 rings (SSSR count). The summed E-state index contributed by atoms with van der Waals surface area (Å²) in [5.41, 5.74) is 0.378. The number of anilines is 1. The average molecular weight is 395 g/mol. The summed E-state index contributed by atoms with van der Waals surface area (Å²) in [6.45, 7) is 1.45. The highest BCUT2D eigenvalue weighted by molar-refractivity contribution is 5.75. The van der Waals surface area contributed by atoms with E-state index < -0.39 is 11.7 Å². The second-order valence-electron chi connectivity index (χ2n) is 6.13. The third-order valence-electron chi connectivity index (χ3n) is 3.92. The Labute approximate surface area is 162 Å². The lowest BCUT2D eigenvalue weighted by atomic mass is 10.2. The fraction of sp³-hybridized carbons (Fsp3) is 0.400. The van der Waals surface area contributed by atoms with Gasteiger partial charge in [-0.05, 0) is 30.5 Å². The van der Waals surface area contributed by atoms with Crippen LogP contribution in [0.3, 0.4) is 0 Å². The van der Waals surface area contributed by atoms with E-state index in [1.807, 2.05) is 30.3 Å². The maximum atomic E-state index is 12.8. The normalized spacial score (nSPS) is 11.2. The predicted molar refractivity (Wildman–Crippen MR) is 101 cm³/mol. The zero-order valence-electron chi connectivity index (χ0n) is 15.5. The number of carbonyl (C=O) groups is 1. The predicted octanol–water partition coefficient (Wildman–Crippen LogP) is 3.67. The van der Waals surface area contributed by atoms with Gasteiger partial charge >= 0.3 is 6.18 Å². The minimum Gasteiger partial charge on any atom is -0.381 e. The molecule has 0 aliphatic carbocycles. The van der Waals surface area contributed by atoms with E-state index in [9.17, 15) is 18.0 Å². The maximum Gasteiger partial charge on any atom is 0.419 e. The SMILES string of the molecule is O=C(CCCOCCc1ccccc1)NCCNc1ncccc1C(F)(F)F. The van der Waals surface area contributed by atoms with Crippen molar-refractivity contribution in [3.05, 3.63) is 59.8 Å². The van der Waals surface area contributed by atoms with Crippen molar-refractivity contribution in [1.29, 1.82) is 0 Å². The topological polar surface area (TPSA) is 63.2 Å². The number of pyridine rings is 1. The molecule has 28 heavy (non-hydrogen) atoms. The van der Waals surface area contributed by atoms with Gasteiger partial charge in [0, 0.05) is 32.3 Å². The van der Waals surface area contributed by atoms with Crippen molar-refractivity contribution in [2.24, 2.45) is 0 Å². The van der Waals surface area contributed by atoms with Gasteiger partial charge in [0.25, 0.3) is 0 Å². The molecule has 5 nitrogen and oxygen atoms in total. The summed E-state index contributed by atoms with van der Waals surface area (Å²) in [5.74, 6) is -0.401. The van der Waals surface area contributed by atoms with Gasteiger partial charge in [0.15, 0.2) is 0 Å². The van der Waals surface area contributed by atoms with Crippen molar-refractivity contribution in [3.63, 3.8) is 0 Å². The Kier molecular flexibility index (Phi) is 8.74. The number of rotatable bonds is 11. The molecule has 0 aliphatic heterocycles. The van der Waals surface area contributed by atoms with Crippen molar-refractivity contribution < 1.29 is 22.7 Å². The minimum absolute atomic E-state index is 0.152. The van der Waals surface area contributed by atoms with E-state index in [1.165, 1.54) is 17.8 Å².